The minimum Gasteiger partial charge on any atom is -0.394 e. The molecule has 19 amide bonds. The number of aliphatic hydroxyl groups excluding tert-OH is 2. The van der Waals surface area contributed by atoms with Crippen LogP contribution in [0, 0.1) is 0 Å². The van der Waals surface area contributed by atoms with Crippen LogP contribution in [0.5, 0.6) is 0 Å². The first-order chi connectivity index (χ1) is 65.5. The molecule has 0 spiro atoms. The minimum absolute atomic E-state index is 0.00981. The maximum atomic E-state index is 14.7. The highest BCUT2D eigenvalue weighted by Crippen LogP contribution is 2.14. The molecule has 14 atom stereocenters. The average molecular weight is 1950 g/mol. The molecule has 0 saturated heterocycles. The van der Waals surface area contributed by atoms with Crippen LogP contribution < -0.4 is 171 Å². The average Bonchev–Trinajstić information content (AvgIpc) is 0.863. The summed E-state index contributed by atoms with van der Waals surface area (Å²) in [5.41, 5.74) is 59.5. The van der Waals surface area contributed by atoms with E-state index in [4.69, 9.17) is 74.9 Å². The van der Waals surface area contributed by atoms with Crippen molar-refractivity contribution >= 4 is 130 Å². The van der Waals surface area contributed by atoms with Crippen molar-refractivity contribution in [2.24, 2.45) is 89.8 Å². The van der Waals surface area contributed by atoms with Crippen molar-refractivity contribution in [1.29, 1.82) is 0 Å². The first kappa shape index (κ1) is 120. The normalized spacial score (nSPS) is 13.9. The Kier molecular flexibility index (Phi) is 58.3. The highest BCUT2D eigenvalue weighted by atomic mass is 16.3. The van der Waals surface area contributed by atoms with E-state index in [-0.39, 0.29) is 152 Å². The molecule has 770 valence electrons. The highest BCUT2D eigenvalue weighted by Gasteiger charge is 2.38. The molecule has 0 saturated carbocycles. The summed E-state index contributed by atoms with van der Waals surface area (Å²) in [5.74, 6) is -3.85. The molecule has 0 aliphatic carbocycles. The number of hydrogen-bond acceptors (Lipinski definition) is 31. The topological polar surface area (TPSA) is 960 Å². The maximum Gasteiger partial charge on any atom is 0.256 e. The van der Waals surface area contributed by atoms with E-state index >= 15 is 0 Å². The lowest BCUT2D eigenvalue weighted by atomic mass is 10.0. The Hall–Kier alpha value is -14.2. The van der Waals surface area contributed by atoms with Crippen LogP contribution >= 0.6 is 0 Å². The van der Waals surface area contributed by atoms with Crippen LogP contribution in [-0.2, 0) is 104 Å². The predicted molar refractivity (Wildman–Crippen MR) is 502 cm³/mol. The number of hydrazine groups is 3. The van der Waals surface area contributed by atoms with Gasteiger partial charge in [-0.1, -0.05) is 60.7 Å². The van der Waals surface area contributed by atoms with Gasteiger partial charge in [-0.2, -0.15) is 0 Å². The van der Waals surface area contributed by atoms with Crippen molar-refractivity contribution in [2.45, 2.75) is 234 Å². The van der Waals surface area contributed by atoms with Crippen LogP contribution in [0.1, 0.15) is 147 Å². The molecule has 56 heteroatoms. The number of rotatable bonds is 69. The summed E-state index contributed by atoms with van der Waals surface area (Å²) in [4.78, 5) is 271. The maximum absolute atomic E-state index is 14.7. The Labute approximate surface area is 796 Å². The van der Waals surface area contributed by atoms with E-state index in [0.29, 0.717) is 31.4 Å². The summed E-state index contributed by atoms with van der Waals surface area (Å²) < 4.78 is 0. The van der Waals surface area contributed by atoms with Gasteiger partial charge in [0.1, 0.15) is 78.5 Å². The highest BCUT2D eigenvalue weighted by molar-refractivity contribution is 6.01. The summed E-state index contributed by atoms with van der Waals surface area (Å²) in [6.45, 7) is 0.735. The van der Waals surface area contributed by atoms with Gasteiger partial charge < -0.3 is 158 Å². The van der Waals surface area contributed by atoms with Gasteiger partial charge in [-0.15, -0.1) is 0 Å². The Morgan fingerprint density at radius 2 is 0.681 bits per heavy atom. The summed E-state index contributed by atoms with van der Waals surface area (Å²) in [6, 6.07) is -3.32. The number of benzene rings is 2. The Bertz CT molecular complexity index is 4370. The van der Waals surface area contributed by atoms with Crippen LogP contribution in [0.3, 0.4) is 0 Å². The van der Waals surface area contributed by atoms with E-state index in [1.165, 1.54) is 13.8 Å². The molecule has 56 nitrogen and oxygen atoms in total. The molecule has 0 radical (unpaired) electrons. The van der Waals surface area contributed by atoms with Crippen LogP contribution in [0.25, 0.3) is 0 Å². The molecule has 0 aliphatic heterocycles. The first-order valence-corrected chi connectivity index (χ1v) is 44.7. The van der Waals surface area contributed by atoms with E-state index in [1.807, 2.05) is 35.8 Å². The quantitative estimate of drug-likeness (QED) is 0.00730. The summed E-state index contributed by atoms with van der Waals surface area (Å²) in [6.07, 6.45) is -3.44. The second-order valence-corrected chi connectivity index (χ2v) is 31.9. The van der Waals surface area contributed by atoms with Crippen molar-refractivity contribution in [3.63, 3.8) is 0 Å². The Morgan fingerprint density at radius 1 is 0.348 bits per heavy atom. The van der Waals surface area contributed by atoms with E-state index < -0.39 is 242 Å². The SMILES string of the molecule is C[C@H](NC(=O)CNC(=O)[C@@H](NC(=O)[C@H](Cc1ccccc1)NC(=O)CNC(=O)CNC(=O)CNCc1ccccc1)[C@@H](C)O)C(=O)N[C@@H](CCCN=C(N)N)C(=O)N[C@@H](CCCCN)C(=O)N[C@@H](CO)C(=O)N[C@@H](C)C(=O)N[C@@H](CCCN=C(N)N)C(=O)N[C@@H](CCCCN)C(=O)N[C@@H](CCCN=C(N)N)C(=O)N[C@@H](CCCCN)C(=O)N[C@@H](CC(N)=O)C(=O)N[C@@H](CCC(=O)N(N)N)C(=O)NN. The van der Waals surface area contributed by atoms with Gasteiger partial charge in [-0.05, 0) is 154 Å². The van der Waals surface area contributed by atoms with Gasteiger partial charge in [0, 0.05) is 39.0 Å². The molecule has 2 aromatic rings. The van der Waals surface area contributed by atoms with E-state index in [0.717, 1.165) is 12.5 Å². The third-order valence-electron chi connectivity index (χ3n) is 20.3. The van der Waals surface area contributed by atoms with Gasteiger partial charge in [0.15, 0.2) is 17.9 Å². The van der Waals surface area contributed by atoms with Crippen molar-refractivity contribution < 1.29 is 101 Å². The van der Waals surface area contributed by atoms with E-state index in [2.05, 4.69) is 105 Å². The number of aliphatic imine (C=N–C) groups is 3. The fourth-order valence-electron chi connectivity index (χ4n) is 12.8. The number of carbonyl (C=O) groups excluding carboxylic acids is 19. The fourth-order valence-corrected chi connectivity index (χ4v) is 12.8. The second kappa shape index (κ2) is 67.1. The van der Waals surface area contributed by atoms with Crippen molar-refractivity contribution in [3.05, 3.63) is 71.8 Å². The molecule has 138 heavy (non-hydrogen) atoms. The molecule has 2 aromatic carbocycles. The van der Waals surface area contributed by atoms with Crippen LogP contribution in [0.2, 0.25) is 0 Å². The van der Waals surface area contributed by atoms with Crippen LogP contribution in [0.15, 0.2) is 75.6 Å². The number of nitrogens with one attached hydrogen (secondary N) is 18. The third kappa shape index (κ3) is 50.4. The number of carbonyl (C=O) groups is 19. The van der Waals surface area contributed by atoms with Gasteiger partial charge in [-0.3, -0.25) is 111 Å². The lowest BCUT2D eigenvalue weighted by Crippen LogP contribution is -2.61. The minimum atomic E-state index is -1.87. The van der Waals surface area contributed by atoms with E-state index in [1.54, 1.807) is 30.3 Å². The smallest absolute Gasteiger partial charge is 0.256 e. The Balaban J connectivity index is 2.40. The lowest BCUT2D eigenvalue weighted by molar-refractivity contribution is -0.137. The van der Waals surface area contributed by atoms with Crippen molar-refractivity contribution in [3.8, 4) is 0 Å². The number of nitrogens with two attached hydrogens (primary N) is 13. The molecule has 0 fully saturated rings. The number of aliphatic hydroxyl groups is 2. The van der Waals surface area contributed by atoms with Crippen molar-refractivity contribution in [2.75, 3.05) is 72.1 Å². The first-order valence-electron chi connectivity index (χ1n) is 44.7. The van der Waals surface area contributed by atoms with Gasteiger partial charge in [-0.25, -0.2) is 22.6 Å². The van der Waals surface area contributed by atoms with Gasteiger partial charge >= 0.3 is 0 Å². The third-order valence-corrected chi connectivity index (χ3v) is 20.3. The number of guanidine groups is 3. The van der Waals surface area contributed by atoms with Gasteiger partial charge in [0.05, 0.1) is 45.3 Å². The second-order valence-electron chi connectivity index (χ2n) is 31.9. The van der Waals surface area contributed by atoms with Crippen LogP contribution in [-0.4, -0.2) is 302 Å². The zero-order valence-electron chi connectivity index (χ0n) is 77.7. The molecule has 0 aromatic heterocycles. The molecular formula is C82H141N35O21. The number of nitrogens with zero attached hydrogens (tertiary/aromatic N) is 4. The summed E-state index contributed by atoms with van der Waals surface area (Å²) >= 11 is 0. The van der Waals surface area contributed by atoms with E-state index in [9.17, 15) is 101 Å². The van der Waals surface area contributed by atoms with Gasteiger partial charge in [0.2, 0.25) is 100 Å². The number of amides is 19. The van der Waals surface area contributed by atoms with Crippen LogP contribution in [0.4, 0.5) is 0 Å². The molecule has 0 aliphatic rings. The number of primary amides is 1. The molecular weight excluding hydrogens is 1810 g/mol. The molecule has 46 N–H and O–H groups in total. The monoisotopic (exact) mass is 1950 g/mol. The molecule has 0 bridgehead atoms. The van der Waals surface area contributed by atoms with Crippen molar-refractivity contribution in [1.82, 2.24) is 101 Å². The zero-order chi connectivity index (χ0) is 103. The summed E-state index contributed by atoms with van der Waals surface area (Å²) in [5, 5.41) is 63.5. The van der Waals surface area contributed by atoms with Gasteiger partial charge in [0.25, 0.3) is 11.8 Å². The number of hydrogen-bond donors (Lipinski definition) is 33. The Morgan fingerprint density at radius 3 is 1.07 bits per heavy atom. The predicted octanol–water partition coefficient (Wildman–Crippen LogP) is -15.1. The largest absolute Gasteiger partial charge is 0.394 e. The number of unbranched alkanes of at least 4 members (excludes halogenated alkanes) is 3. The standard InChI is InChI=1S/C82H141N35O21/c1-45(103-63(123)43-102-79(138)66(47(3)119)115-76(135)57(37-48-19-6-4-7-20-48)105-64(124)42-101-62(122)41-100-61(121)40-96-39-49-21-8-5-9-22-49)67(126)106-53(26-16-34-97-80(87)88)70(129)110-52(25-12-15-33-85)74(133)114-59(44-118)77(136)104-46(2)68(127)107-54(27-17-35-98-81(89)90)71(130)108-50(23-10-13-31-83)69(128)111-55(28-18-36-99-82(91)92)72(131)109-51(24-11-14-32-84)73(132)113-58(38-60(86)120)75(134)112-56(78(137)116-93)29-30-65(125)117(94)95/h4-9,19-22,45-47,50-59,66,96,118-119H,10-18,23-44,83-85,93-95H2,1-3H3,(H2,86,120)(H,100,121)(H,101,122)(H,102,138)(H,103,123)(H,104,136)(H,105,124)(H,106,126)(H,107,127)(H,108,130)(H,109,131)(H,110,129)(H,111,128)(H,112,134)(H,113,132)(H,114,133)(H,115,135)(H,116,137)(H4,87,88,97)(H4,89,90,98)(H4,91,92,99)/t45-,46-,47+,50-,51-,52-,53-,54-,55-,56-,57-,58-,59-,66-/m0/s1. The zero-order valence-corrected chi connectivity index (χ0v) is 77.7. The molecule has 0 heterocycles. The lowest BCUT2D eigenvalue weighted by Gasteiger charge is -2.28. The fraction of sp³-hybridized carbons (Fsp3) is 0.585. The summed E-state index contributed by atoms with van der Waals surface area (Å²) in [7, 11) is 0. The molecule has 2 rings (SSSR count). The molecule has 0 unspecified atom stereocenters.